The van der Waals surface area contributed by atoms with Crippen LogP contribution in [0, 0.1) is 5.82 Å². The van der Waals surface area contributed by atoms with Crippen LogP contribution in [0.3, 0.4) is 0 Å². The highest BCUT2D eigenvalue weighted by Gasteiger charge is 2.13. The van der Waals surface area contributed by atoms with Crippen molar-refractivity contribution in [2.24, 2.45) is 4.99 Å². The first-order chi connectivity index (χ1) is 13.9. The van der Waals surface area contributed by atoms with Crippen molar-refractivity contribution in [3.05, 3.63) is 65.5 Å². The van der Waals surface area contributed by atoms with E-state index in [1.807, 2.05) is 18.0 Å². The predicted octanol–water partition coefficient (Wildman–Crippen LogP) is 1.96. The molecular formula is C20H27FN4O3S. The van der Waals surface area contributed by atoms with Crippen LogP contribution in [0.2, 0.25) is 0 Å². The lowest BCUT2D eigenvalue weighted by molar-refractivity contribution is 0.204. The number of guanidine groups is 1. The van der Waals surface area contributed by atoms with Crippen LogP contribution < -0.4 is 10.0 Å². The Morgan fingerprint density at radius 3 is 2.52 bits per heavy atom. The van der Waals surface area contributed by atoms with Gasteiger partial charge < -0.3 is 15.0 Å². The molecular weight excluding hydrogens is 395 g/mol. The number of hydrogen-bond acceptors (Lipinski definition) is 4. The van der Waals surface area contributed by atoms with Crippen LogP contribution in [0.15, 0.2) is 58.4 Å². The smallest absolute Gasteiger partial charge is 0.240 e. The largest absolute Gasteiger partial charge is 0.383 e. The van der Waals surface area contributed by atoms with E-state index >= 15 is 0 Å². The normalized spacial score (nSPS) is 12.1. The van der Waals surface area contributed by atoms with Gasteiger partial charge in [0.2, 0.25) is 10.0 Å². The Balaban J connectivity index is 1.93. The predicted molar refractivity (Wildman–Crippen MR) is 112 cm³/mol. The molecule has 0 saturated heterocycles. The van der Waals surface area contributed by atoms with Crippen LogP contribution in [0.25, 0.3) is 0 Å². The Labute approximate surface area is 171 Å². The van der Waals surface area contributed by atoms with Gasteiger partial charge in [-0.15, -0.1) is 0 Å². The topological polar surface area (TPSA) is 83.0 Å². The molecule has 2 rings (SSSR count). The van der Waals surface area contributed by atoms with Crippen molar-refractivity contribution < 1.29 is 17.5 Å². The van der Waals surface area contributed by atoms with E-state index in [2.05, 4.69) is 15.0 Å². The van der Waals surface area contributed by atoms with E-state index in [1.165, 1.54) is 19.2 Å². The number of methoxy groups -OCH3 is 1. The Bertz CT molecular complexity index is 918. The number of rotatable bonds is 9. The molecule has 0 heterocycles. The molecule has 2 aromatic rings. The van der Waals surface area contributed by atoms with Crippen LogP contribution in [0.5, 0.6) is 0 Å². The summed E-state index contributed by atoms with van der Waals surface area (Å²) < 4.78 is 45.0. The zero-order valence-corrected chi connectivity index (χ0v) is 17.7. The van der Waals surface area contributed by atoms with Gasteiger partial charge in [0.25, 0.3) is 0 Å². The van der Waals surface area contributed by atoms with Crippen molar-refractivity contribution in [2.75, 3.05) is 34.4 Å². The Hall–Kier alpha value is -2.49. The van der Waals surface area contributed by atoms with Gasteiger partial charge in [0.15, 0.2) is 5.96 Å². The zero-order chi connectivity index (χ0) is 21.3. The third-order valence-electron chi connectivity index (χ3n) is 4.16. The monoisotopic (exact) mass is 422 g/mol. The molecule has 0 saturated carbocycles. The van der Waals surface area contributed by atoms with E-state index in [4.69, 9.17) is 4.74 Å². The lowest BCUT2D eigenvalue weighted by Gasteiger charge is -2.22. The fraction of sp³-hybridized carbons (Fsp3) is 0.350. The number of nitrogens with zero attached hydrogens (tertiary/aromatic N) is 2. The van der Waals surface area contributed by atoms with Gasteiger partial charge in [0, 0.05) is 40.8 Å². The summed E-state index contributed by atoms with van der Waals surface area (Å²) in [5, 5.41) is 3.22. The Morgan fingerprint density at radius 2 is 1.90 bits per heavy atom. The fourth-order valence-electron chi connectivity index (χ4n) is 2.70. The van der Waals surface area contributed by atoms with E-state index in [-0.39, 0.29) is 17.3 Å². The average Bonchev–Trinajstić information content (AvgIpc) is 2.69. The molecule has 158 valence electrons. The van der Waals surface area contributed by atoms with Crippen LogP contribution in [-0.2, 0) is 27.8 Å². The maximum absolute atomic E-state index is 13.4. The van der Waals surface area contributed by atoms with Crippen LogP contribution in [-0.4, -0.2) is 53.6 Å². The van der Waals surface area contributed by atoms with Crippen molar-refractivity contribution in [2.45, 2.75) is 18.0 Å². The lowest BCUT2D eigenvalue weighted by Crippen LogP contribution is -2.38. The zero-order valence-electron chi connectivity index (χ0n) is 16.9. The van der Waals surface area contributed by atoms with Gasteiger partial charge in [-0.3, -0.25) is 4.99 Å². The summed E-state index contributed by atoms with van der Waals surface area (Å²) >= 11 is 0. The van der Waals surface area contributed by atoms with E-state index in [0.717, 1.165) is 11.1 Å². The molecule has 9 heteroatoms. The van der Waals surface area contributed by atoms with Crippen molar-refractivity contribution >= 4 is 16.0 Å². The number of hydrogen-bond donors (Lipinski definition) is 2. The number of sulfonamides is 1. The number of benzene rings is 2. The van der Waals surface area contributed by atoms with Gasteiger partial charge in [-0.25, -0.2) is 17.5 Å². The molecule has 2 aromatic carbocycles. The molecule has 0 aliphatic carbocycles. The maximum Gasteiger partial charge on any atom is 0.240 e. The van der Waals surface area contributed by atoms with E-state index < -0.39 is 10.0 Å². The van der Waals surface area contributed by atoms with Crippen molar-refractivity contribution in [3.8, 4) is 0 Å². The minimum atomic E-state index is -3.55. The van der Waals surface area contributed by atoms with Crippen molar-refractivity contribution in [1.29, 1.82) is 0 Å². The summed E-state index contributed by atoms with van der Waals surface area (Å²) in [6.07, 6.45) is 0. The SMILES string of the molecule is CN=C(NCc1ccc(S(=O)(=O)NCCOC)cc1)N(C)Cc1cccc(F)c1. The molecule has 0 bridgehead atoms. The van der Waals surface area contributed by atoms with Crippen LogP contribution in [0.4, 0.5) is 4.39 Å². The van der Waals surface area contributed by atoms with Gasteiger partial charge in [-0.2, -0.15) is 0 Å². The van der Waals surface area contributed by atoms with Gasteiger partial charge in [0.05, 0.1) is 11.5 Å². The first-order valence-corrected chi connectivity index (χ1v) is 10.6. The summed E-state index contributed by atoms with van der Waals surface area (Å²) in [6, 6.07) is 13.0. The molecule has 0 atom stereocenters. The van der Waals surface area contributed by atoms with E-state index in [1.54, 1.807) is 37.4 Å². The maximum atomic E-state index is 13.4. The lowest BCUT2D eigenvalue weighted by atomic mass is 10.2. The summed E-state index contributed by atoms with van der Waals surface area (Å²) in [4.78, 5) is 6.32. The molecule has 0 amide bonds. The molecule has 2 N–H and O–H groups in total. The van der Waals surface area contributed by atoms with Crippen molar-refractivity contribution in [1.82, 2.24) is 14.9 Å². The van der Waals surface area contributed by atoms with Gasteiger partial charge in [-0.1, -0.05) is 24.3 Å². The summed E-state index contributed by atoms with van der Waals surface area (Å²) in [5.41, 5.74) is 1.74. The minimum Gasteiger partial charge on any atom is -0.383 e. The molecule has 0 spiro atoms. The Kier molecular flexibility index (Phi) is 8.56. The van der Waals surface area contributed by atoms with E-state index in [0.29, 0.717) is 25.7 Å². The fourth-order valence-corrected chi connectivity index (χ4v) is 3.71. The number of halogens is 1. The molecule has 7 nitrogen and oxygen atoms in total. The minimum absolute atomic E-state index is 0.199. The molecule has 0 radical (unpaired) electrons. The van der Waals surface area contributed by atoms with E-state index in [9.17, 15) is 12.8 Å². The van der Waals surface area contributed by atoms with Gasteiger partial charge >= 0.3 is 0 Å². The summed E-state index contributed by atoms with van der Waals surface area (Å²) in [6.45, 7) is 1.50. The van der Waals surface area contributed by atoms with Crippen LogP contribution in [0.1, 0.15) is 11.1 Å². The molecule has 0 unspecified atom stereocenters. The van der Waals surface area contributed by atoms with Crippen molar-refractivity contribution in [3.63, 3.8) is 0 Å². The summed E-state index contributed by atoms with van der Waals surface area (Å²) in [7, 11) is 1.50. The standard InChI is InChI=1S/C20H27FN4O3S/c1-22-20(25(2)15-17-5-4-6-18(21)13-17)23-14-16-7-9-19(10-8-16)29(26,27)24-11-12-28-3/h4-10,13,24H,11-12,14-15H2,1-3H3,(H,22,23). The number of nitrogens with one attached hydrogen (secondary N) is 2. The third kappa shape index (κ3) is 7.12. The molecule has 0 aliphatic heterocycles. The molecule has 0 aromatic heterocycles. The molecule has 0 fully saturated rings. The highest BCUT2D eigenvalue weighted by atomic mass is 32.2. The first-order valence-electron chi connectivity index (χ1n) is 9.09. The second kappa shape index (κ2) is 10.9. The highest BCUT2D eigenvalue weighted by molar-refractivity contribution is 7.89. The summed E-state index contributed by atoms with van der Waals surface area (Å²) in [5.74, 6) is 0.373. The average molecular weight is 423 g/mol. The first kappa shape index (κ1) is 22.8. The third-order valence-corrected chi connectivity index (χ3v) is 5.64. The van der Waals surface area contributed by atoms with Crippen LogP contribution >= 0.6 is 0 Å². The Morgan fingerprint density at radius 1 is 1.17 bits per heavy atom. The van der Waals surface area contributed by atoms with Gasteiger partial charge in [-0.05, 0) is 35.4 Å². The molecule has 29 heavy (non-hydrogen) atoms. The second-order valence-corrected chi connectivity index (χ2v) is 8.19. The number of aliphatic imine (C=N–C) groups is 1. The highest BCUT2D eigenvalue weighted by Crippen LogP contribution is 2.11. The van der Waals surface area contributed by atoms with Gasteiger partial charge in [0.1, 0.15) is 5.82 Å². The quantitative estimate of drug-likeness (QED) is 0.367. The molecule has 0 aliphatic rings. The number of ether oxygens (including phenoxy) is 1. The second-order valence-electron chi connectivity index (χ2n) is 6.42.